The predicted molar refractivity (Wildman–Crippen MR) is 83.8 cm³/mol. The number of nitrogens with zero attached hydrogens (tertiary/aromatic N) is 2. The molecule has 0 bridgehead atoms. The highest BCUT2D eigenvalue weighted by Crippen LogP contribution is 2.29. The highest BCUT2D eigenvalue weighted by molar-refractivity contribution is 7.09. The van der Waals surface area contributed by atoms with E-state index in [-0.39, 0.29) is 5.91 Å². The van der Waals surface area contributed by atoms with Gasteiger partial charge in [0.1, 0.15) is 0 Å². The second-order valence-corrected chi connectivity index (χ2v) is 5.77. The normalized spacial score (nSPS) is 20.4. The first-order valence-corrected chi connectivity index (χ1v) is 7.77. The first kappa shape index (κ1) is 14.7. The molecule has 1 aliphatic heterocycles. The van der Waals surface area contributed by atoms with Gasteiger partial charge < -0.3 is 4.90 Å². The highest BCUT2D eigenvalue weighted by atomic mass is 32.1. The van der Waals surface area contributed by atoms with Crippen LogP contribution in [0.4, 0.5) is 0 Å². The Hall–Kier alpha value is -1.68. The molecule has 0 unspecified atom stereocenters. The predicted octanol–water partition coefficient (Wildman–Crippen LogP) is 3.54. The number of amides is 1. The molecule has 1 fully saturated rings. The summed E-state index contributed by atoms with van der Waals surface area (Å²) >= 11 is 1.68. The number of likely N-dealkylation sites (tertiary alicyclic amines) is 1. The molecule has 1 saturated heterocycles. The summed E-state index contributed by atoms with van der Waals surface area (Å²) in [6, 6.07) is 0. The van der Waals surface area contributed by atoms with Gasteiger partial charge in [-0.15, -0.1) is 11.3 Å². The van der Waals surface area contributed by atoms with Gasteiger partial charge in [0.25, 0.3) is 5.91 Å². The van der Waals surface area contributed by atoms with Gasteiger partial charge in [0.15, 0.2) is 0 Å². The molecule has 0 spiro atoms. The van der Waals surface area contributed by atoms with Crippen molar-refractivity contribution >= 4 is 17.2 Å². The van der Waals surface area contributed by atoms with Crippen LogP contribution in [-0.2, 0) is 4.79 Å². The number of carbonyl (C=O) groups is 1. The molecule has 1 aliphatic rings. The van der Waals surface area contributed by atoms with E-state index in [4.69, 9.17) is 0 Å². The fraction of sp³-hybridized carbons (Fsp3) is 0.375. The van der Waals surface area contributed by atoms with E-state index in [1.54, 1.807) is 23.5 Å². The van der Waals surface area contributed by atoms with Gasteiger partial charge in [0.05, 0.1) is 5.51 Å². The Morgan fingerprint density at radius 2 is 2.45 bits per heavy atom. The number of hydrogen-bond acceptors (Lipinski definition) is 3. The van der Waals surface area contributed by atoms with E-state index in [9.17, 15) is 4.79 Å². The Morgan fingerprint density at radius 3 is 3.10 bits per heavy atom. The molecular formula is C16H20N2OS. The summed E-state index contributed by atoms with van der Waals surface area (Å²) in [6.07, 6.45) is 11.3. The fourth-order valence-electron chi connectivity index (χ4n) is 2.51. The molecule has 20 heavy (non-hydrogen) atoms. The summed E-state index contributed by atoms with van der Waals surface area (Å²) < 4.78 is 0. The number of piperidine rings is 1. The molecule has 0 saturated carbocycles. The molecule has 1 amide bonds. The third kappa shape index (κ3) is 3.45. The second kappa shape index (κ2) is 7.20. The lowest BCUT2D eigenvalue weighted by molar-refractivity contribution is -0.127. The van der Waals surface area contributed by atoms with E-state index in [2.05, 4.69) is 11.6 Å². The number of thiazole rings is 1. The first-order chi connectivity index (χ1) is 9.76. The van der Waals surface area contributed by atoms with Crippen molar-refractivity contribution in [2.75, 3.05) is 13.1 Å². The summed E-state index contributed by atoms with van der Waals surface area (Å²) in [5.74, 6) is 0.521. The first-order valence-electron chi connectivity index (χ1n) is 6.89. The Morgan fingerprint density at radius 1 is 1.60 bits per heavy atom. The Labute approximate surface area is 124 Å². The second-order valence-electron chi connectivity index (χ2n) is 4.85. The van der Waals surface area contributed by atoms with Crippen LogP contribution in [0.5, 0.6) is 0 Å². The monoisotopic (exact) mass is 288 g/mol. The Kier molecular flexibility index (Phi) is 5.30. The molecule has 0 radical (unpaired) electrons. The van der Waals surface area contributed by atoms with E-state index in [1.807, 2.05) is 35.7 Å². The Balaban J connectivity index is 2.10. The minimum Gasteiger partial charge on any atom is -0.338 e. The van der Waals surface area contributed by atoms with Gasteiger partial charge in [0, 0.05) is 35.7 Å². The zero-order chi connectivity index (χ0) is 14.4. The molecule has 1 aromatic heterocycles. The SMILES string of the molecule is C=C/C=C(\C=C/C)C(=O)N1CCC[C@@H](c2cncs2)C1. The maximum Gasteiger partial charge on any atom is 0.253 e. The average Bonchev–Trinajstić information content (AvgIpc) is 3.01. The summed E-state index contributed by atoms with van der Waals surface area (Å²) in [6.45, 7) is 7.21. The molecule has 2 heterocycles. The van der Waals surface area contributed by atoms with Crippen LogP contribution >= 0.6 is 11.3 Å². The van der Waals surface area contributed by atoms with Crippen LogP contribution in [0.2, 0.25) is 0 Å². The van der Waals surface area contributed by atoms with Gasteiger partial charge in [-0.3, -0.25) is 9.78 Å². The van der Waals surface area contributed by atoms with Crippen molar-refractivity contribution < 1.29 is 4.79 Å². The standard InChI is InChI=1S/C16H20N2OS/c1-3-6-13(7-4-2)16(19)18-9-5-8-14(11-18)15-10-17-12-20-15/h3-4,6-7,10,12,14H,1,5,8-9,11H2,2H3/b7-4-,13-6+/t14-/m1/s1. The third-order valence-corrected chi connectivity index (χ3v) is 4.39. The van der Waals surface area contributed by atoms with Crippen molar-refractivity contribution in [2.45, 2.75) is 25.7 Å². The summed E-state index contributed by atoms with van der Waals surface area (Å²) in [4.78, 5) is 19.9. The maximum absolute atomic E-state index is 12.5. The van der Waals surface area contributed by atoms with Crippen molar-refractivity contribution in [2.24, 2.45) is 0 Å². The van der Waals surface area contributed by atoms with E-state index in [1.165, 1.54) is 4.88 Å². The Bertz CT molecular complexity index is 517. The van der Waals surface area contributed by atoms with Gasteiger partial charge in [-0.2, -0.15) is 0 Å². The lowest BCUT2D eigenvalue weighted by atomic mass is 9.96. The quantitative estimate of drug-likeness (QED) is 0.627. The lowest BCUT2D eigenvalue weighted by Crippen LogP contribution is -2.39. The van der Waals surface area contributed by atoms with Crippen LogP contribution in [0, 0.1) is 0 Å². The molecular weight excluding hydrogens is 268 g/mol. The van der Waals surface area contributed by atoms with Gasteiger partial charge >= 0.3 is 0 Å². The molecule has 1 aromatic rings. The minimum atomic E-state index is 0.0946. The van der Waals surface area contributed by atoms with Crippen molar-refractivity contribution in [3.05, 3.63) is 53.0 Å². The largest absolute Gasteiger partial charge is 0.338 e. The van der Waals surface area contributed by atoms with E-state index < -0.39 is 0 Å². The molecule has 0 aromatic carbocycles. The summed E-state index contributed by atoms with van der Waals surface area (Å²) in [5.41, 5.74) is 2.56. The maximum atomic E-state index is 12.5. The van der Waals surface area contributed by atoms with Crippen molar-refractivity contribution in [1.82, 2.24) is 9.88 Å². The topological polar surface area (TPSA) is 33.2 Å². The van der Waals surface area contributed by atoms with Crippen molar-refractivity contribution in [3.63, 3.8) is 0 Å². The molecule has 0 N–H and O–H groups in total. The number of aromatic nitrogens is 1. The van der Waals surface area contributed by atoms with Crippen LogP contribution in [0.15, 0.2) is 48.2 Å². The highest BCUT2D eigenvalue weighted by Gasteiger charge is 2.26. The van der Waals surface area contributed by atoms with E-state index in [0.717, 1.165) is 25.9 Å². The number of allylic oxidation sites excluding steroid dienone is 3. The number of carbonyl (C=O) groups excluding carboxylic acids is 1. The zero-order valence-electron chi connectivity index (χ0n) is 11.8. The van der Waals surface area contributed by atoms with Gasteiger partial charge in [-0.25, -0.2) is 0 Å². The van der Waals surface area contributed by atoms with Crippen LogP contribution in [-0.4, -0.2) is 28.9 Å². The van der Waals surface area contributed by atoms with Crippen molar-refractivity contribution in [3.8, 4) is 0 Å². The zero-order valence-corrected chi connectivity index (χ0v) is 12.6. The van der Waals surface area contributed by atoms with Crippen LogP contribution < -0.4 is 0 Å². The smallest absolute Gasteiger partial charge is 0.253 e. The molecule has 2 rings (SSSR count). The van der Waals surface area contributed by atoms with Crippen LogP contribution in [0.3, 0.4) is 0 Å². The van der Waals surface area contributed by atoms with Crippen LogP contribution in [0.25, 0.3) is 0 Å². The van der Waals surface area contributed by atoms with Gasteiger partial charge in [0.2, 0.25) is 0 Å². The van der Waals surface area contributed by atoms with Gasteiger partial charge in [-0.1, -0.05) is 30.9 Å². The molecule has 4 heteroatoms. The third-order valence-electron chi connectivity index (χ3n) is 3.45. The summed E-state index contributed by atoms with van der Waals surface area (Å²) in [7, 11) is 0. The molecule has 106 valence electrons. The number of hydrogen-bond donors (Lipinski definition) is 0. The molecule has 1 atom stereocenters. The lowest BCUT2D eigenvalue weighted by Gasteiger charge is -2.32. The molecule has 3 nitrogen and oxygen atoms in total. The van der Waals surface area contributed by atoms with E-state index in [0.29, 0.717) is 11.5 Å². The average molecular weight is 288 g/mol. The van der Waals surface area contributed by atoms with E-state index >= 15 is 0 Å². The minimum absolute atomic E-state index is 0.0946. The fourth-order valence-corrected chi connectivity index (χ4v) is 3.26. The summed E-state index contributed by atoms with van der Waals surface area (Å²) in [5, 5.41) is 0. The van der Waals surface area contributed by atoms with Gasteiger partial charge in [-0.05, 0) is 19.8 Å². The number of rotatable bonds is 4. The van der Waals surface area contributed by atoms with Crippen LogP contribution in [0.1, 0.15) is 30.6 Å². The van der Waals surface area contributed by atoms with Crippen molar-refractivity contribution in [1.29, 1.82) is 0 Å². The molecule has 0 aliphatic carbocycles.